The predicted molar refractivity (Wildman–Crippen MR) is 90.6 cm³/mol. The van der Waals surface area contributed by atoms with Crippen molar-refractivity contribution in [3.05, 3.63) is 28.3 Å². The maximum atomic E-state index is 12.6. The van der Waals surface area contributed by atoms with Crippen molar-refractivity contribution < 1.29 is 18.1 Å². The first-order valence-corrected chi connectivity index (χ1v) is 9.30. The lowest BCUT2D eigenvalue weighted by Gasteiger charge is -2.26. The lowest BCUT2D eigenvalue weighted by atomic mass is 10.1. The molecule has 0 radical (unpaired) electrons. The van der Waals surface area contributed by atoms with Gasteiger partial charge in [0.25, 0.3) is 5.69 Å². The van der Waals surface area contributed by atoms with Crippen molar-refractivity contribution in [1.82, 2.24) is 4.31 Å². The fourth-order valence-electron chi connectivity index (χ4n) is 2.29. The third-order valence-electron chi connectivity index (χ3n) is 4.16. The van der Waals surface area contributed by atoms with Crippen molar-refractivity contribution in [2.24, 2.45) is 5.92 Å². The summed E-state index contributed by atoms with van der Waals surface area (Å²) in [7, 11) is -3.76. The van der Waals surface area contributed by atoms with Gasteiger partial charge in [-0.15, -0.1) is 0 Å². The lowest BCUT2D eigenvalue weighted by Crippen LogP contribution is -2.40. The molecular weight excluding hydrogens is 334 g/mol. The minimum atomic E-state index is -3.76. The number of nitro benzene ring substituents is 1. The molecule has 0 aromatic heterocycles. The first-order chi connectivity index (χ1) is 11.2. The van der Waals surface area contributed by atoms with E-state index in [0.29, 0.717) is 18.9 Å². The first-order valence-electron chi connectivity index (χ1n) is 7.86. The van der Waals surface area contributed by atoms with Crippen LogP contribution in [-0.2, 0) is 14.8 Å². The summed E-state index contributed by atoms with van der Waals surface area (Å²) in [4.78, 5) is 10.7. The Morgan fingerprint density at radius 3 is 2.42 bits per heavy atom. The highest BCUT2D eigenvalue weighted by molar-refractivity contribution is 7.89. The van der Waals surface area contributed by atoms with Gasteiger partial charge in [-0.05, 0) is 25.0 Å². The Morgan fingerprint density at radius 1 is 1.25 bits per heavy atom. The second-order valence-corrected chi connectivity index (χ2v) is 8.07. The molecule has 8 nitrogen and oxygen atoms in total. The number of hydrogen-bond donors (Lipinski definition) is 1. The van der Waals surface area contributed by atoms with Crippen molar-refractivity contribution >= 4 is 21.4 Å². The van der Waals surface area contributed by atoms with Gasteiger partial charge in [0.2, 0.25) is 10.0 Å². The molecule has 1 aromatic carbocycles. The van der Waals surface area contributed by atoms with Crippen molar-refractivity contribution in [3.8, 4) is 0 Å². The molecule has 2 rings (SSSR count). The van der Waals surface area contributed by atoms with Gasteiger partial charge in [-0.25, -0.2) is 8.42 Å². The summed E-state index contributed by atoms with van der Waals surface area (Å²) in [6.07, 6.45) is 0. The first kappa shape index (κ1) is 18.6. The van der Waals surface area contributed by atoms with Crippen molar-refractivity contribution in [1.29, 1.82) is 0 Å². The number of hydrogen-bond acceptors (Lipinski definition) is 6. The topological polar surface area (TPSA) is 102 Å². The van der Waals surface area contributed by atoms with Crippen LogP contribution in [0.4, 0.5) is 11.4 Å². The highest BCUT2D eigenvalue weighted by Gasteiger charge is 2.29. The molecule has 1 aliphatic rings. The van der Waals surface area contributed by atoms with Crippen LogP contribution in [0.25, 0.3) is 0 Å². The predicted octanol–water partition coefficient (Wildman–Crippen LogP) is 2.07. The van der Waals surface area contributed by atoms with Crippen LogP contribution in [0.5, 0.6) is 0 Å². The summed E-state index contributed by atoms with van der Waals surface area (Å²) in [5.41, 5.74) is 0.0824. The molecule has 0 bridgehead atoms. The van der Waals surface area contributed by atoms with Gasteiger partial charge in [0.1, 0.15) is 5.69 Å². The number of benzene rings is 1. The number of sulfonamides is 1. The molecule has 0 saturated carbocycles. The Hall–Kier alpha value is -1.71. The van der Waals surface area contributed by atoms with Gasteiger partial charge in [0.15, 0.2) is 0 Å². The lowest BCUT2D eigenvalue weighted by molar-refractivity contribution is -0.384. The SMILES string of the molecule is CC(C)C(C)Nc1ccc(S(=O)(=O)N2CCOCC2)cc1[N+](=O)[O-]. The molecule has 1 aromatic rings. The summed E-state index contributed by atoms with van der Waals surface area (Å²) < 4.78 is 31.7. The van der Waals surface area contributed by atoms with Crippen LogP contribution >= 0.6 is 0 Å². The Kier molecular flexibility index (Phi) is 5.79. The van der Waals surface area contributed by atoms with Crippen LogP contribution in [-0.4, -0.2) is 50.0 Å². The molecule has 1 unspecified atom stereocenters. The summed E-state index contributed by atoms with van der Waals surface area (Å²) in [6.45, 7) is 7.08. The summed E-state index contributed by atoms with van der Waals surface area (Å²) >= 11 is 0. The van der Waals surface area contributed by atoms with E-state index in [1.54, 1.807) is 0 Å². The molecule has 24 heavy (non-hydrogen) atoms. The van der Waals surface area contributed by atoms with Gasteiger partial charge in [0.05, 0.1) is 23.0 Å². The van der Waals surface area contributed by atoms with E-state index >= 15 is 0 Å². The number of ether oxygens (including phenoxy) is 1. The Morgan fingerprint density at radius 2 is 1.88 bits per heavy atom. The molecule has 1 heterocycles. The minimum Gasteiger partial charge on any atom is -0.379 e. The van der Waals surface area contributed by atoms with Gasteiger partial charge in [0, 0.05) is 25.2 Å². The van der Waals surface area contributed by atoms with Crippen LogP contribution < -0.4 is 5.32 Å². The highest BCUT2D eigenvalue weighted by atomic mass is 32.2. The zero-order chi connectivity index (χ0) is 17.9. The Bertz CT molecular complexity index is 699. The number of rotatable bonds is 6. The molecule has 134 valence electrons. The van der Waals surface area contributed by atoms with Crippen LogP contribution in [0, 0.1) is 16.0 Å². The minimum absolute atomic E-state index is 0.0189. The number of nitrogens with one attached hydrogen (secondary N) is 1. The molecule has 1 N–H and O–H groups in total. The molecule has 0 amide bonds. The molecular formula is C15H23N3O5S. The Labute approximate surface area is 142 Å². The average molecular weight is 357 g/mol. The van der Waals surface area contributed by atoms with E-state index in [1.807, 2.05) is 20.8 Å². The van der Waals surface area contributed by atoms with Crippen molar-refractivity contribution in [3.63, 3.8) is 0 Å². The summed E-state index contributed by atoms with van der Waals surface area (Å²) in [6, 6.07) is 4.02. The quantitative estimate of drug-likeness (QED) is 0.618. The zero-order valence-corrected chi connectivity index (χ0v) is 14.9. The van der Waals surface area contributed by atoms with Crippen molar-refractivity contribution in [2.75, 3.05) is 31.6 Å². The monoisotopic (exact) mass is 357 g/mol. The molecule has 1 saturated heterocycles. The highest BCUT2D eigenvalue weighted by Crippen LogP contribution is 2.30. The van der Waals surface area contributed by atoms with E-state index in [2.05, 4.69) is 5.32 Å². The maximum Gasteiger partial charge on any atom is 0.293 e. The normalized spacial score (nSPS) is 17.7. The molecule has 9 heteroatoms. The van der Waals surface area contributed by atoms with Gasteiger partial charge in [-0.1, -0.05) is 13.8 Å². The van der Waals surface area contributed by atoms with Gasteiger partial charge in [-0.2, -0.15) is 4.31 Å². The second-order valence-electron chi connectivity index (χ2n) is 6.13. The maximum absolute atomic E-state index is 12.6. The standard InChI is InChI=1S/C15H23N3O5S/c1-11(2)12(3)16-14-5-4-13(10-15(14)18(19)20)24(21,22)17-6-8-23-9-7-17/h4-5,10-12,16H,6-9H2,1-3H3. The van der Waals surface area contributed by atoms with Crippen LogP contribution in [0.15, 0.2) is 23.1 Å². The van der Waals surface area contributed by atoms with E-state index in [1.165, 1.54) is 16.4 Å². The summed E-state index contributed by atoms with van der Waals surface area (Å²) in [5.74, 6) is 0.279. The largest absolute Gasteiger partial charge is 0.379 e. The fraction of sp³-hybridized carbons (Fsp3) is 0.600. The second kappa shape index (κ2) is 7.45. The molecule has 1 fully saturated rings. The molecule has 1 aliphatic heterocycles. The molecule has 0 aliphatic carbocycles. The smallest absolute Gasteiger partial charge is 0.293 e. The van der Waals surface area contributed by atoms with Crippen LogP contribution in [0.2, 0.25) is 0 Å². The van der Waals surface area contributed by atoms with Crippen LogP contribution in [0.3, 0.4) is 0 Å². The Balaban J connectivity index is 2.36. The van der Waals surface area contributed by atoms with E-state index in [4.69, 9.17) is 4.74 Å². The third kappa shape index (κ3) is 4.03. The number of nitro groups is 1. The third-order valence-corrected chi connectivity index (χ3v) is 6.05. The van der Waals surface area contributed by atoms with Crippen molar-refractivity contribution in [2.45, 2.75) is 31.7 Å². The zero-order valence-electron chi connectivity index (χ0n) is 14.1. The molecule has 0 spiro atoms. The number of nitrogens with zero attached hydrogens (tertiary/aromatic N) is 2. The number of morpholine rings is 1. The van der Waals surface area contributed by atoms with E-state index in [9.17, 15) is 18.5 Å². The average Bonchev–Trinajstić information content (AvgIpc) is 2.55. The fourth-order valence-corrected chi connectivity index (χ4v) is 3.72. The molecule has 1 atom stereocenters. The van der Waals surface area contributed by atoms with E-state index in [0.717, 1.165) is 6.07 Å². The van der Waals surface area contributed by atoms with Crippen LogP contribution in [0.1, 0.15) is 20.8 Å². The number of anilines is 1. The van der Waals surface area contributed by atoms with Gasteiger partial charge < -0.3 is 10.1 Å². The van der Waals surface area contributed by atoms with E-state index < -0.39 is 14.9 Å². The van der Waals surface area contributed by atoms with E-state index in [-0.39, 0.29) is 35.6 Å². The van der Waals surface area contributed by atoms with Gasteiger partial charge >= 0.3 is 0 Å². The summed E-state index contributed by atoms with van der Waals surface area (Å²) in [5, 5.41) is 14.4. The van der Waals surface area contributed by atoms with Gasteiger partial charge in [-0.3, -0.25) is 10.1 Å².